The van der Waals surface area contributed by atoms with Crippen molar-refractivity contribution in [1.82, 2.24) is 4.98 Å². The number of thiazole rings is 1. The van der Waals surface area contributed by atoms with Gasteiger partial charge in [-0.2, -0.15) is 10.4 Å². The molecule has 2 aromatic carbocycles. The predicted octanol–water partition coefficient (Wildman–Crippen LogP) is 4.25. The minimum atomic E-state index is 0.293. The molecule has 0 unspecified atom stereocenters. The van der Waals surface area contributed by atoms with E-state index in [2.05, 4.69) is 27.6 Å². The van der Waals surface area contributed by atoms with Gasteiger partial charge in [-0.3, -0.25) is 5.43 Å². The van der Waals surface area contributed by atoms with Crippen LogP contribution >= 0.6 is 11.3 Å². The quantitative estimate of drug-likeness (QED) is 0.581. The number of aromatic nitrogens is 1. The second-order valence-corrected chi connectivity index (χ2v) is 6.02. The lowest BCUT2D eigenvalue weighted by atomic mass is 10.1. The standard InChI is InChI=1S/C17H14N4S/c1-11-7-8-13(12(2)9-11)20-21-15(10-18)17-19-14-5-3-4-6-16(14)22-17/h3-9,20H,1-2H3. The predicted molar refractivity (Wildman–Crippen MR) is 91.3 cm³/mol. The van der Waals surface area contributed by atoms with Gasteiger partial charge in [0.1, 0.15) is 6.07 Å². The van der Waals surface area contributed by atoms with Crippen LogP contribution < -0.4 is 5.43 Å². The van der Waals surface area contributed by atoms with E-state index in [9.17, 15) is 5.26 Å². The van der Waals surface area contributed by atoms with Gasteiger partial charge in [-0.05, 0) is 37.6 Å². The van der Waals surface area contributed by atoms with E-state index in [0.717, 1.165) is 21.5 Å². The molecule has 3 rings (SSSR count). The first-order chi connectivity index (χ1) is 10.7. The molecule has 0 aliphatic heterocycles. The number of hydrazone groups is 1. The van der Waals surface area contributed by atoms with Crippen molar-refractivity contribution in [3.05, 3.63) is 58.6 Å². The number of hydrogen-bond donors (Lipinski definition) is 1. The Morgan fingerprint density at radius 1 is 1.23 bits per heavy atom. The van der Waals surface area contributed by atoms with E-state index in [4.69, 9.17) is 0 Å². The number of nitrogens with zero attached hydrogens (tertiary/aromatic N) is 3. The molecule has 0 atom stereocenters. The summed E-state index contributed by atoms with van der Waals surface area (Å²) in [5, 5.41) is 14.2. The molecule has 5 heteroatoms. The maximum Gasteiger partial charge on any atom is 0.196 e. The van der Waals surface area contributed by atoms with Crippen molar-refractivity contribution in [1.29, 1.82) is 5.26 Å². The van der Waals surface area contributed by atoms with Gasteiger partial charge in [-0.1, -0.05) is 29.8 Å². The molecule has 108 valence electrons. The zero-order valence-corrected chi connectivity index (χ0v) is 13.1. The molecular formula is C17H14N4S. The van der Waals surface area contributed by atoms with Crippen LogP contribution in [0.2, 0.25) is 0 Å². The third-order valence-corrected chi connectivity index (χ3v) is 4.32. The number of fused-ring (bicyclic) bond motifs is 1. The number of anilines is 1. The van der Waals surface area contributed by atoms with Crippen LogP contribution in [-0.4, -0.2) is 10.7 Å². The number of rotatable bonds is 3. The van der Waals surface area contributed by atoms with Gasteiger partial charge in [0, 0.05) is 0 Å². The summed E-state index contributed by atoms with van der Waals surface area (Å²) in [4.78, 5) is 4.46. The maximum absolute atomic E-state index is 9.34. The lowest BCUT2D eigenvalue weighted by Gasteiger charge is -2.05. The molecule has 0 radical (unpaired) electrons. The molecule has 22 heavy (non-hydrogen) atoms. The lowest BCUT2D eigenvalue weighted by molar-refractivity contribution is 1.28. The Kier molecular flexibility index (Phi) is 3.86. The largest absolute Gasteiger partial charge is 0.277 e. The first-order valence-corrected chi connectivity index (χ1v) is 7.66. The summed E-state index contributed by atoms with van der Waals surface area (Å²) < 4.78 is 1.05. The number of benzene rings is 2. The van der Waals surface area contributed by atoms with Gasteiger partial charge >= 0.3 is 0 Å². The molecular weight excluding hydrogens is 292 g/mol. The molecule has 1 N–H and O–H groups in total. The normalized spacial score (nSPS) is 11.4. The molecule has 0 bridgehead atoms. The molecule has 0 saturated heterocycles. The van der Waals surface area contributed by atoms with Crippen LogP contribution in [0.15, 0.2) is 47.6 Å². The van der Waals surface area contributed by atoms with Crippen LogP contribution in [0.25, 0.3) is 10.2 Å². The Hall–Kier alpha value is -2.71. The van der Waals surface area contributed by atoms with Crippen molar-refractivity contribution in [2.75, 3.05) is 5.43 Å². The van der Waals surface area contributed by atoms with Crippen molar-refractivity contribution >= 4 is 33.0 Å². The van der Waals surface area contributed by atoms with Gasteiger partial charge in [0.2, 0.25) is 0 Å². The highest BCUT2D eigenvalue weighted by molar-refractivity contribution is 7.20. The monoisotopic (exact) mass is 306 g/mol. The highest BCUT2D eigenvalue weighted by Crippen LogP contribution is 2.22. The van der Waals surface area contributed by atoms with Crippen molar-refractivity contribution < 1.29 is 0 Å². The summed E-state index contributed by atoms with van der Waals surface area (Å²) in [7, 11) is 0. The van der Waals surface area contributed by atoms with E-state index in [-0.39, 0.29) is 0 Å². The van der Waals surface area contributed by atoms with Crippen LogP contribution in [0.4, 0.5) is 5.69 Å². The van der Waals surface area contributed by atoms with Crippen LogP contribution in [-0.2, 0) is 0 Å². The summed E-state index contributed by atoms with van der Waals surface area (Å²) >= 11 is 1.47. The minimum absolute atomic E-state index is 0.293. The average molecular weight is 306 g/mol. The molecule has 3 aromatic rings. The SMILES string of the molecule is Cc1ccc(NN=C(C#N)c2nc3ccccc3s2)c(C)c1. The fourth-order valence-corrected chi connectivity index (χ4v) is 3.05. The second kappa shape index (κ2) is 5.96. The molecule has 4 nitrogen and oxygen atoms in total. The van der Waals surface area contributed by atoms with Crippen LogP contribution in [0, 0.1) is 25.2 Å². The second-order valence-electron chi connectivity index (χ2n) is 4.99. The van der Waals surface area contributed by atoms with Gasteiger partial charge in [0.05, 0.1) is 15.9 Å². The smallest absolute Gasteiger partial charge is 0.196 e. The summed E-state index contributed by atoms with van der Waals surface area (Å²) in [6.07, 6.45) is 0. The lowest BCUT2D eigenvalue weighted by Crippen LogP contribution is -2.02. The Morgan fingerprint density at radius 3 is 2.77 bits per heavy atom. The number of nitriles is 1. The number of para-hydroxylation sites is 1. The van der Waals surface area contributed by atoms with Crippen molar-refractivity contribution in [2.45, 2.75) is 13.8 Å². The molecule has 0 aliphatic rings. The van der Waals surface area contributed by atoms with Gasteiger partial charge in [-0.15, -0.1) is 11.3 Å². The first-order valence-electron chi connectivity index (χ1n) is 6.84. The van der Waals surface area contributed by atoms with Crippen LogP contribution in [0.5, 0.6) is 0 Å². The number of aryl methyl sites for hydroxylation is 2. The molecule has 1 aromatic heterocycles. The van der Waals surface area contributed by atoms with E-state index in [1.54, 1.807) is 0 Å². The number of hydrogen-bond acceptors (Lipinski definition) is 5. The summed E-state index contributed by atoms with van der Waals surface area (Å²) in [6, 6.07) is 16.0. The topological polar surface area (TPSA) is 61.1 Å². The Morgan fingerprint density at radius 2 is 2.05 bits per heavy atom. The molecule has 1 heterocycles. The Bertz CT molecular complexity index is 869. The van der Waals surface area contributed by atoms with Gasteiger partial charge < -0.3 is 0 Å². The van der Waals surface area contributed by atoms with E-state index in [1.807, 2.05) is 50.2 Å². The fourth-order valence-electron chi connectivity index (χ4n) is 2.15. The van der Waals surface area contributed by atoms with Gasteiger partial charge in [0.25, 0.3) is 0 Å². The molecule has 0 aliphatic carbocycles. The van der Waals surface area contributed by atoms with Gasteiger partial charge in [0.15, 0.2) is 10.7 Å². The van der Waals surface area contributed by atoms with Crippen LogP contribution in [0.1, 0.15) is 16.1 Å². The minimum Gasteiger partial charge on any atom is -0.277 e. The van der Waals surface area contributed by atoms with Crippen molar-refractivity contribution in [3.8, 4) is 6.07 Å². The fraction of sp³-hybridized carbons (Fsp3) is 0.118. The zero-order chi connectivity index (χ0) is 15.5. The zero-order valence-electron chi connectivity index (χ0n) is 12.3. The molecule has 0 spiro atoms. The van der Waals surface area contributed by atoms with Crippen molar-refractivity contribution in [3.63, 3.8) is 0 Å². The highest BCUT2D eigenvalue weighted by Gasteiger charge is 2.10. The molecule has 0 saturated carbocycles. The third kappa shape index (κ3) is 2.83. The molecule has 0 fully saturated rings. The van der Waals surface area contributed by atoms with E-state index in [1.165, 1.54) is 16.9 Å². The van der Waals surface area contributed by atoms with Crippen molar-refractivity contribution in [2.24, 2.45) is 5.10 Å². The summed E-state index contributed by atoms with van der Waals surface area (Å²) in [5.74, 6) is 0. The Balaban J connectivity index is 1.91. The van der Waals surface area contributed by atoms with Gasteiger partial charge in [-0.25, -0.2) is 4.98 Å². The highest BCUT2D eigenvalue weighted by atomic mass is 32.1. The summed E-state index contributed by atoms with van der Waals surface area (Å²) in [5.41, 5.74) is 7.31. The van der Waals surface area contributed by atoms with E-state index in [0.29, 0.717) is 10.7 Å². The third-order valence-electron chi connectivity index (χ3n) is 3.27. The maximum atomic E-state index is 9.34. The van der Waals surface area contributed by atoms with E-state index >= 15 is 0 Å². The van der Waals surface area contributed by atoms with Crippen LogP contribution in [0.3, 0.4) is 0 Å². The van der Waals surface area contributed by atoms with E-state index < -0.39 is 0 Å². The average Bonchev–Trinajstić information content (AvgIpc) is 2.93. The summed E-state index contributed by atoms with van der Waals surface area (Å²) in [6.45, 7) is 4.05. The number of nitrogens with one attached hydrogen (secondary N) is 1. The first kappa shape index (κ1) is 14.2. The molecule has 0 amide bonds. The Labute approximate surface area is 132 Å².